The second-order valence-corrected chi connectivity index (χ2v) is 7.92. The van der Waals surface area contributed by atoms with E-state index in [1.165, 1.54) is 44.7 Å². The molecular weight excluding hydrogens is 499 g/mol. The van der Waals surface area contributed by atoms with Gasteiger partial charge < -0.3 is 20.1 Å². The molecule has 2 N–H and O–H groups in total. The first-order valence-electron chi connectivity index (χ1n) is 11.4. The summed E-state index contributed by atoms with van der Waals surface area (Å²) in [6, 6.07) is 14.9. The number of aliphatic imine (C=N–C) groups is 1. The maximum atomic E-state index is 4.73. The standard InChI is InChI=1S/C24H38N6.HI/c1-2-25-24(27-13-17-28-15-8-9-16-28)26-12-6-7-14-29-18-20-30(21-19-29)22-23-10-4-3-5-11-23;/h3-5,8-11,15-16H,2,6-7,12-14,17-22H2,1H3,(H2,25,26,27);1H. The Labute approximate surface area is 205 Å². The number of rotatable bonds is 11. The van der Waals surface area contributed by atoms with E-state index >= 15 is 0 Å². The van der Waals surface area contributed by atoms with Crippen LogP contribution in [0.1, 0.15) is 25.3 Å². The van der Waals surface area contributed by atoms with Crippen molar-refractivity contribution in [1.29, 1.82) is 0 Å². The third-order valence-corrected chi connectivity index (χ3v) is 5.54. The molecule has 0 radical (unpaired) electrons. The molecule has 3 rings (SSSR count). The van der Waals surface area contributed by atoms with Crippen molar-refractivity contribution in [1.82, 2.24) is 25.0 Å². The van der Waals surface area contributed by atoms with Gasteiger partial charge in [-0.2, -0.15) is 0 Å². The van der Waals surface area contributed by atoms with E-state index in [1.54, 1.807) is 0 Å². The monoisotopic (exact) mass is 538 g/mol. The van der Waals surface area contributed by atoms with E-state index in [-0.39, 0.29) is 24.0 Å². The highest BCUT2D eigenvalue weighted by atomic mass is 127. The summed E-state index contributed by atoms with van der Waals surface area (Å²) in [5, 5.41) is 6.77. The number of piperazine rings is 1. The Kier molecular flexibility index (Phi) is 12.6. The molecule has 2 aromatic rings. The summed E-state index contributed by atoms with van der Waals surface area (Å²) in [6.45, 7) is 12.7. The summed E-state index contributed by atoms with van der Waals surface area (Å²) in [5.74, 6) is 0.930. The summed E-state index contributed by atoms with van der Waals surface area (Å²) in [6.07, 6.45) is 6.53. The SMILES string of the molecule is CCNC(=NCCCCN1CCN(Cc2ccccc2)CC1)NCCn1cccc1.I. The third kappa shape index (κ3) is 10.1. The Balaban J connectivity index is 0.00000341. The van der Waals surface area contributed by atoms with E-state index in [4.69, 9.17) is 4.99 Å². The number of nitrogens with one attached hydrogen (secondary N) is 2. The number of nitrogens with zero attached hydrogens (tertiary/aromatic N) is 4. The lowest BCUT2D eigenvalue weighted by Gasteiger charge is -2.34. The number of aromatic nitrogens is 1. The lowest BCUT2D eigenvalue weighted by atomic mass is 10.2. The van der Waals surface area contributed by atoms with Crippen LogP contribution < -0.4 is 10.6 Å². The number of unbranched alkanes of at least 4 members (excludes halogenated alkanes) is 1. The fraction of sp³-hybridized carbons (Fsp3) is 0.542. The molecule has 0 bridgehead atoms. The summed E-state index contributed by atoms with van der Waals surface area (Å²) >= 11 is 0. The first-order chi connectivity index (χ1) is 14.8. The van der Waals surface area contributed by atoms with Crippen LogP contribution in [0.25, 0.3) is 0 Å². The smallest absolute Gasteiger partial charge is 0.191 e. The fourth-order valence-electron chi connectivity index (χ4n) is 3.82. The average Bonchev–Trinajstić information content (AvgIpc) is 3.29. The van der Waals surface area contributed by atoms with E-state index in [0.29, 0.717) is 0 Å². The third-order valence-electron chi connectivity index (χ3n) is 5.54. The van der Waals surface area contributed by atoms with E-state index in [0.717, 1.165) is 45.1 Å². The molecule has 0 atom stereocenters. The molecule has 0 unspecified atom stereocenters. The number of guanidine groups is 1. The van der Waals surface area contributed by atoms with Gasteiger partial charge in [0.25, 0.3) is 0 Å². The molecule has 1 aromatic carbocycles. The molecule has 7 heteroatoms. The lowest BCUT2D eigenvalue weighted by molar-refractivity contribution is 0.126. The molecule has 2 heterocycles. The van der Waals surface area contributed by atoms with Gasteiger partial charge in [0.05, 0.1) is 0 Å². The van der Waals surface area contributed by atoms with Crippen LogP contribution in [0.3, 0.4) is 0 Å². The Morgan fingerprint density at radius 1 is 0.871 bits per heavy atom. The van der Waals surface area contributed by atoms with Gasteiger partial charge in [-0.15, -0.1) is 24.0 Å². The fourth-order valence-corrected chi connectivity index (χ4v) is 3.82. The minimum absolute atomic E-state index is 0. The van der Waals surface area contributed by atoms with Gasteiger partial charge in [0.1, 0.15) is 0 Å². The van der Waals surface area contributed by atoms with Gasteiger partial charge in [0.15, 0.2) is 5.96 Å². The summed E-state index contributed by atoms with van der Waals surface area (Å²) in [5.41, 5.74) is 1.42. The van der Waals surface area contributed by atoms with Gasteiger partial charge in [-0.05, 0) is 44.0 Å². The molecule has 1 aliphatic rings. The quantitative estimate of drug-likeness (QED) is 0.200. The number of benzene rings is 1. The molecule has 0 amide bonds. The molecule has 0 spiro atoms. The highest BCUT2D eigenvalue weighted by Gasteiger charge is 2.16. The summed E-state index contributed by atoms with van der Waals surface area (Å²) in [7, 11) is 0. The van der Waals surface area contributed by atoms with Crippen LogP contribution in [0.15, 0.2) is 59.9 Å². The second-order valence-electron chi connectivity index (χ2n) is 7.92. The van der Waals surface area contributed by atoms with Gasteiger partial charge in [0.2, 0.25) is 0 Å². The van der Waals surface area contributed by atoms with Crippen LogP contribution in [0.2, 0.25) is 0 Å². The Hall–Kier alpha value is -1.58. The van der Waals surface area contributed by atoms with Crippen LogP contribution in [0.4, 0.5) is 0 Å². The number of halogens is 1. The van der Waals surface area contributed by atoms with Crippen LogP contribution in [0, 0.1) is 0 Å². The molecule has 1 fully saturated rings. The number of hydrogen-bond acceptors (Lipinski definition) is 3. The molecule has 31 heavy (non-hydrogen) atoms. The van der Waals surface area contributed by atoms with Crippen molar-refractivity contribution >= 4 is 29.9 Å². The topological polar surface area (TPSA) is 47.8 Å². The van der Waals surface area contributed by atoms with Crippen LogP contribution in [-0.4, -0.2) is 72.7 Å². The highest BCUT2D eigenvalue weighted by Crippen LogP contribution is 2.09. The van der Waals surface area contributed by atoms with E-state index in [1.807, 2.05) is 0 Å². The molecule has 6 nitrogen and oxygen atoms in total. The van der Waals surface area contributed by atoms with Crippen LogP contribution in [0.5, 0.6) is 0 Å². The molecule has 1 aliphatic heterocycles. The van der Waals surface area contributed by atoms with Gasteiger partial charge >= 0.3 is 0 Å². The van der Waals surface area contributed by atoms with E-state index in [2.05, 4.69) is 86.8 Å². The Morgan fingerprint density at radius 3 is 2.29 bits per heavy atom. The van der Waals surface area contributed by atoms with Gasteiger partial charge in [-0.25, -0.2) is 0 Å². The Bertz CT molecular complexity index is 711. The zero-order chi connectivity index (χ0) is 20.9. The zero-order valence-electron chi connectivity index (χ0n) is 18.9. The minimum atomic E-state index is 0. The van der Waals surface area contributed by atoms with Gasteiger partial charge in [-0.3, -0.25) is 9.89 Å². The molecule has 1 saturated heterocycles. The number of hydrogen-bond donors (Lipinski definition) is 2. The van der Waals surface area contributed by atoms with Crippen molar-refractivity contribution in [3.8, 4) is 0 Å². The largest absolute Gasteiger partial charge is 0.357 e. The van der Waals surface area contributed by atoms with Crippen molar-refractivity contribution < 1.29 is 0 Å². The highest BCUT2D eigenvalue weighted by molar-refractivity contribution is 14.0. The van der Waals surface area contributed by atoms with Crippen LogP contribution >= 0.6 is 24.0 Å². The molecular formula is C24H39IN6. The van der Waals surface area contributed by atoms with Crippen LogP contribution in [-0.2, 0) is 13.1 Å². The average molecular weight is 539 g/mol. The maximum Gasteiger partial charge on any atom is 0.191 e. The molecule has 0 saturated carbocycles. The van der Waals surface area contributed by atoms with Crippen molar-refractivity contribution in [3.05, 3.63) is 60.4 Å². The predicted octanol–water partition coefficient (Wildman–Crippen LogP) is 3.26. The summed E-state index contributed by atoms with van der Waals surface area (Å²) in [4.78, 5) is 9.90. The molecule has 0 aliphatic carbocycles. The predicted molar refractivity (Wildman–Crippen MR) is 141 cm³/mol. The first kappa shape index (κ1) is 25.7. The van der Waals surface area contributed by atoms with Gasteiger partial charge in [0, 0.05) is 71.3 Å². The first-order valence-corrected chi connectivity index (χ1v) is 11.4. The van der Waals surface area contributed by atoms with Gasteiger partial charge in [-0.1, -0.05) is 30.3 Å². The Morgan fingerprint density at radius 2 is 1.58 bits per heavy atom. The second kappa shape index (κ2) is 15.3. The zero-order valence-corrected chi connectivity index (χ0v) is 21.2. The van der Waals surface area contributed by atoms with E-state index < -0.39 is 0 Å². The van der Waals surface area contributed by atoms with Crippen molar-refractivity contribution in [2.45, 2.75) is 32.9 Å². The maximum absolute atomic E-state index is 4.73. The minimum Gasteiger partial charge on any atom is -0.357 e. The molecule has 172 valence electrons. The summed E-state index contributed by atoms with van der Waals surface area (Å²) < 4.78 is 2.18. The van der Waals surface area contributed by atoms with E-state index in [9.17, 15) is 0 Å². The van der Waals surface area contributed by atoms with Crippen molar-refractivity contribution in [2.75, 3.05) is 52.4 Å². The van der Waals surface area contributed by atoms with Crippen molar-refractivity contribution in [2.24, 2.45) is 4.99 Å². The molecule has 1 aromatic heterocycles. The normalized spacial score (nSPS) is 15.5. The lowest BCUT2D eigenvalue weighted by Crippen LogP contribution is -2.46. The van der Waals surface area contributed by atoms with Crippen molar-refractivity contribution in [3.63, 3.8) is 0 Å².